The molecule has 0 aromatic rings. The van der Waals surface area contributed by atoms with E-state index in [1.165, 1.54) is 6.42 Å². The lowest BCUT2D eigenvalue weighted by molar-refractivity contribution is -0.139. The van der Waals surface area contributed by atoms with E-state index in [0.717, 1.165) is 32.2 Å². The summed E-state index contributed by atoms with van der Waals surface area (Å²) in [6, 6.07) is 0.775. The van der Waals surface area contributed by atoms with Crippen molar-refractivity contribution in [3.05, 3.63) is 0 Å². The maximum atomic E-state index is 13.0. The zero-order chi connectivity index (χ0) is 14.6. The first-order valence-corrected chi connectivity index (χ1v) is 10.1. The van der Waals surface area contributed by atoms with Crippen LogP contribution in [-0.2, 0) is 14.6 Å². The monoisotopic (exact) mass is 312 g/mol. The second kappa shape index (κ2) is 4.95. The standard InChI is InChI=1S/C15H24N2O3S/c18-15(11-5-10-6-12(7-11)16-8-10)17(13-1-2-13)14-3-4-21(19,20)9-14/h10-14,16H,1-9H2/t10-,11-,12-,14?/m1/s1. The molecule has 2 saturated heterocycles. The van der Waals surface area contributed by atoms with Crippen LogP contribution in [0.4, 0.5) is 0 Å². The summed E-state index contributed by atoms with van der Waals surface area (Å²) in [6.07, 6.45) is 5.90. The van der Waals surface area contributed by atoms with Gasteiger partial charge >= 0.3 is 0 Å². The third-order valence-electron chi connectivity index (χ3n) is 5.65. The number of carbonyl (C=O) groups excluding carboxylic acids is 1. The van der Waals surface area contributed by atoms with Crippen molar-refractivity contribution in [2.75, 3.05) is 18.1 Å². The van der Waals surface area contributed by atoms with Gasteiger partial charge < -0.3 is 10.2 Å². The predicted octanol–water partition coefficient (Wildman–Crippen LogP) is 0.553. The van der Waals surface area contributed by atoms with E-state index < -0.39 is 9.84 Å². The van der Waals surface area contributed by atoms with Gasteiger partial charge in [-0.1, -0.05) is 0 Å². The van der Waals surface area contributed by atoms with E-state index in [2.05, 4.69) is 5.32 Å². The Labute approximate surface area is 126 Å². The first kappa shape index (κ1) is 14.0. The van der Waals surface area contributed by atoms with Crippen LogP contribution >= 0.6 is 0 Å². The molecule has 6 heteroatoms. The van der Waals surface area contributed by atoms with Crippen LogP contribution in [-0.4, -0.2) is 55.4 Å². The lowest BCUT2D eigenvalue weighted by atomic mass is 9.81. The normalized spacial score (nSPS) is 41.1. The van der Waals surface area contributed by atoms with Crippen molar-refractivity contribution in [1.29, 1.82) is 0 Å². The summed E-state index contributed by atoms with van der Waals surface area (Å²) >= 11 is 0. The number of hydrogen-bond acceptors (Lipinski definition) is 4. The smallest absolute Gasteiger partial charge is 0.226 e. The van der Waals surface area contributed by atoms with Crippen molar-refractivity contribution in [2.45, 2.75) is 56.7 Å². The van der Waals surface area contributed by atoms with Gasteiger partial charge in [-0.2, -0.15) is 0 Å². The number of nitrogens with zero attached hydrogens (tertiary/aromatic N) is 1. The molecule has 0 aromatic heterocycles. The van der Waals surface area contributed by atoms with Gasteiger partial charge in [0.05, 0.1) is 11.5 Å². The summed E-state index contributed by atoms with van der Waals surface area (Å²) in [5, 5.41) is 3.50. The third kappa shape index (κ3) is 2.72. The third-order valence-corrected chi connectivity index (χ3v) is 7.40. The fraction of sp³-hybridized carbons (Fsp3) is 0.933. The van der Waals surface area contributed by atoms with E-state index in [-0.39, 0.29) is 29.4 Å². The van der Waals surface area contributed by atoms with Gasteiger partial charge in [0.15, 0.2) is 9.84 Å². The number of carbonyl (C=O) groups is 1. The van der Waals surface area contributed by atoms with Crippen LogP contribution < -0.4 is 5.32 Å². The lowest BCUT2D eigenvalue weighted by Gasteiger charge is -2.35. The zero-order valence-electron chi connectivity index (χ0n) is 12.3. The molecule has 4 aliphatic rings. The molecule has 21 heavy (non-hydrogen) atoms. The molecule has 4 fully saturated rings. The van der Waals surface area contributed by atoms with E-state index in [4.69, 9.17) is 0 Å². The molecule has 1 unspecified atom stereocenters. The molecular weight excluding hydrogens is 288 g/mol. The number of rotatable bonds is 3. The summed E-state index contributed by atoms with van der Waals surface area (Å²) in [6.45, 7) is 1.05. The summed E-state index contributed by atoms with van der Waals surface area (Å²) < 4.78 is 23.5. The number of sulfone groups is 1. The molecule has 2 aliphatic heterocycles. The minimum atomic E-state index is -2.93. The average Bonchev–Trinajstić information content (AvgIpc) is 3.13. The van der Waals surface area contributed by atoms with Crippen LogP contribution in [0.1, 0.15) is 38.5 Å². The molecule has 1 N–H and O–H groups in total. The topological polar surface area (TPSA) is 66.5 Å². The first-order chi connectivity index (χ1) is 10.0. The highest BCUT2D eigenvalue weighted by atomic mass is 32.2. The highest BCUT2D eigenvalue weighted by Gasteiger charge is 2.46. The van der Waals surface area contributed by atoms with Crippen LogP contribution in [0, 0.1) is 11.8 Å². The Bertz CT molecular complexity index is 531. The molecule has 5 nitrogen and oxygen atoms in total. The van der Waals surface area contributed by atoms with Crippen LogP contribution in [0.25, 0.3) is 0 Å². The predicted molar refractivity (Wildman–Crippen MR) is 79.5 cm³/mol. The van der Waals surface area contributed by atoms with Gasteiger partial charge in [0, 0.05) is 24.0 Å². The molecule has 0 radical (unpaired) electrons. The molecule has 2 heterocycles. The molecule has 0 aromatic carbocycles. The maximum Gasteiger partial charge on any atom is 0.226 e. The molecule has 4 atom stereocenters. The van der Waals surface area contributed by atoms with Gasteiger partial charge in [0.25, 0.3) is 0 Å². The summed E-state index contributed by atoms with van der Waals surface area (Å²) in [5.74, 6) is 1.45. The SMILES string of the molecule is O=C([C@@H]1C[C@H]2CN[C@H](C2)C1)N(C1CC1)C1CCS(=O)(=O)C1. The van der Waals surface area contributed by atoms with E-state index in [9.17, 15) is 13.2 Å². The Morgan fingerprint density at radius 2 is 1.86 bits per heavy atom. The van der Waals surface area contributed by atoms with Crippen LogP contribution in [0.15, 0.2) is 0 Å². The molecule has 1 amide bonds. The quantitative estimate of drug-likeness (QED) is 0.826. The molecular formula is C15H24N2O3S. The van der Waals surface area contributed by atoms with Gasteiger partial charge in [-0.25, -0.2) is 8.42 Å². The van der Waals surface area contributed by atoms with Crippen molar-refractivity contribution in [1.82, 2.24) is 10.2 Å². The minimum absolute atomic E-state index is 0.0532. The Morgan fingerprint density at radius 1 is 1.05 bits per heavy atom. The van der Waals surface area contributed by atoms with Gasteiger partial charge in [0.2, 0.25) is 5.91 Å². The van der Waals surface area contributed by atoms with Gasteiger partial charge in [0.1, 0.15) is 0 Å². The Balaban J connectivity index is 1.50. The highest BCUT2D eigenvalue weighted by Crippen LogP contribution is 2.39. The fourth-order valence-corrected chi connectivity index (χ4v) is 6.23. The average molecular weight is 312 g/mol. The number of hydrogen-bond donors (Lipinski definition) is 1. The van der Waals surface area contributed by atoms with Crippen LogP contribution in [0.2, 0.25) is 0 Å². The van der Waals surface area contributed by atoms with E-state index >= 15 is 0 Å². The Morgan fingerprint density at radius 3 is 2.48 bits per heavy atom. The van der Waals surface area contributed by atoms with Crippen molar-refractivity contribution in [2.24, 2.45) is 11.8 Å². The zero-order valence-corrected chi connectivity index (χ0v) is 13.1. The number of fused-ring (bicyclic) bond motifs is 2. The van der Waals surface area contributed by atoms with Crippen LogP contribution in [0.3, 0.4) is 0 Å². The van der Waals surface area contributed by atoms with Crippen molar-refractivity contribution in [3.8, 4) is 0 Å². The first-order valence-electron chi connectivity index (χ1n) is 8.28. The van der Waals surface area contributed by atoms with E-state index in [1.807, 2.05) is 4.90 Å². The Kier molecular flexibility index (Phi) is 3.30. The summed E-state index contributed by atoms with van der Waals surface area (Å²) in [7, 11) is -2.93. The molecule has 4 rings (SSSR count). The minimum Gasteiger partial charge on any atom is -0.335 e. The largest absolute Gasteiger partial charge is 0.335 e. The molecule has 0 spiro atoms. The van der Waals surface area contributed by atoms with Gasteiger partial charge in [-0.15, -0.1) is 0 Å². The molecule has 118 valence electrons. The van der Waals surface area contributed by atoms with Crippen LogP contribution in [0.5, 0.6) is 0 Å². The van der Waals surface area contributed by atoms with Gasteiger partial charge in [-0.3, -0.25) is 4.79 Å². The second-order valence-electron chi connectivity index (χ2n) is 7.41. The van der Waals surface area contributed by atoms with E-state index in [1.54, 1.807) is 0 Å². The lowest BCUT2D eigenvalue weighted by Crippen LogP contribution is -2.47. The summed E-state index contributed by atoms with van der Waals surface area (Å²) in [4.78, 5) is 15.0. The highest BCUT2D eigenvalue weighted by molar-refractivity contribution is 7.91. The fourth-order valence-electron chi connectivity index (χ4n) is 4.52. The van der Waals surface area contributed by atoms with Crippen molar-refractivity contribution in [3.63, 3.8) is 0 Å². The maximum absolute atomic E-state index is 13.0. The second-order valence-corrected chi connectivity index (χ2v) is 9.64. The Hall–Kier alpha value is -0.620. The van der Waals surface area contributed by atoms with Gasteiger partial charge in [-0.05, 0) is 51.0 Å². The van der Waals surface area contributed by atoms with E-state index in [0.29, 0.717) is 24.4 Å². The molecule has 2 saturated carbocycles. The number of amides is 1. The summed E-state index contributed by atoms with van der Waals surface area (Å²) in [5.41, 5.74) is 0. The van der Waals surface area contributed by atoms with Crippen molar-refractivity contribution >= 4 is 15.7 Å². The molecule has 2 bridgehead atoms. The molecule has 2 aliphatic carbocycles. The van der Waals surface area contributed by atoms with Crippen molar-refractivity contribution < 1.29 is 13.2 Å². The number of nitrogens with one attached hydrogen (secondary N) is 1.